The van der Waals surface area contributed by atoms with Gasteiger partial charge in [0.25, 0.3) is 0 Å². The topological polar surface area (TPSA) is 105 Å². The first-order chi connectivity index (χ1) is 16.4. The number of carbonyl (C=O) groups excluding carboxylic acids is 2. The smallest absolute Gasteiger partial charge is 0.407 e. The van der Waals surface area contributed by atoms with Crippen LogP contribution in [0.3, 0.4) is 0 Å². The number of hydrogen-bond acceptors (Lipinski definition) is 4. The van der Waals surface area contributed by atoms with Gasteiger partial charge in [0.15, 0.2) is 0 Å². The van der Waals surface area contributed by atoms with Crippen molar-refractivity contribution in [3.8, 4) is 11.1 Å². The van der Waals surface area contributed by atoms with Crippen LogP contribution in [0.4, 0.5) is 4.79 Å². The molecule has 2 aromatic rings. The summed E-state index contributed by atoms with van der Waals surface area (Å²) in [5.74, 6) is -0.430. The molecule has 1 atom stereocenters. The predicted octanol–water partition coefficient (Wildman–Crippen LogP) is 4.31. The summed E-state index contributed by atoms with van der Waals surface area (Å²) in [7, 11) is 0. The summed E-state index contributed by atoms with van der Waals surface area (Å²) in [5, 5.41) is 14.5. The Morgan fingerprint density at radius 1 is 1.03 bits per heavy atom. The van der Waals surface area contributed by atoms with E-state index in [1.54, 1.807) is 0 Å². The van der Waals surface area contributed by atoms with Crippen molar-refractivity contribution in [2.24, 2.45) is 11.8 Å². The minimum atomic E-state index is -0.817. The van der Waals surface area contributed by atoms with E-state index in [0.29, 0.717) is 26.0 Å². The van der Waals surface area contributed by atoms with Crippen LogP contribution in [0, 0.1) is 11.8 Å². The van der Waals surface area contributed by atoms with E-state index in [1.165, 1.54) is 22.3 Å². The first-order valence-corrected chi connectivity index (χ1v) is 12.0. The second kappa shape index (κ2) is 10.7. The third-order valence-corrected chi connectivity index (χ3v) is 6.87. The molecule has 0 bridgehead atoms. The first-order valence-electron chi connectivity index (χ1n) is 12.0. The zero-order chi connectivity index (χ0) is 24.1. The molecule has 0 radical (unpaired) electrons. The molecule has 7 nitrogen and oxygen atoms in total. The number of benzene rings is 2. The highest BCUT2D eigenvalue weighted by Crippen LogP contribution is 2.44. The second-order valence-corrected chi connectivity index (χ2v) is 9.55. The Kier molecular flexibility index (Phi) is 7.50. The number of carboxylic acid groups (broad SMARTS) is 1. The number of nitrogens with one attached hydrogen (secondary N) is 2. The molecule has 0 spiro atoms. The molecule has 1 saturated carbocycles. The van der Waals surface area contributed by atoms with Crippen LogP contribution in [0.5, 0.6) is 0 Å². The molecule has 0 saturated heterocycles. The highest BCUT2D eigenvalue weighted by molar-refractivity contribution is 5.79. The fourth-order valence-corrected chi connectivity index (χ4v) is 4.92. The van der Waals surface area contributed by atoms with E-state index in [-0.39, 0.29) is 36.1 Å². The highest BCUT2D eigenvalue weighted by atomic mass is 16.5. The third-order valence-electron chi connectivity index (χ3n) is 6.87. The van der Waals surface area contributed by atoms with Crippen LogP contribution in [-0.4, -0.2) is 42.3 Å². The molecule has 34 heavy (non-hydrogen) atoms. The maximum atomic E-state index is 12.4. The van der Waals surface area contributed by atoms with Crippen LogP contribution >= 0.6 is 0 Å². The van der Waals surface area contributed by atoms with Gasteiger partial charge in [0, 0.05) is 31.3 Å². The van der Waals surface area contributed by atoms with Gasteiger partial charge in [-0.1, -0.05) is 55.5 Å². The SMILES string of the molecule is CC(CCC(=O)O)CNC(=O)CC1CC(NC(=O)OCC2c3ccccc3-c3ccccc32)C1. The Hall–Kier alpha value is -3.35. The van der Waals surface area contributed by atoms with Gasteiger partial charge in [-0.3, -0.25) is 9.59 Å². The van der Waals surface area contributed by atoms with Crippen LogP contribution in [0.2, 0.25) is 0 Å². The zero-order valence-electron chi connectivity index (χ0n) is 19.5. The maximum Gasteiger partial charge on any atom is 0.407 e. The number of ether oxygens (including phenoxy) is 1. The van der Waals surface area contributed by atoms with Crippen LogP contribution in [0.25, 0.3) is 11.1 Å². The number of hydrogen-bond donors (Lipinski definition) is 3. The Labute approximate surface area is 199 Å². The third kappa shape index (κ3) is 5.76. The molecule has 1 unspecified atom stereocenters. The van der Waals surface area contributed by atoms with E-state index in [4.69, 9.17) is 9.84 Å². The molecule has 2 aromatic carbocycles. The van der Waals surface area contributed by atoms with E-state index >= 15 is 0 Å². The van der Waals surface area contributed by atoms with Crippen LogP contribution in [-0.2, 0) is 14.3 Å². The fourth-order valence-electron chi connectivity index (χ4n) is 4.92. The average molecular weight is 465 g/mol. The number of rotatable bonds is 10. The Balaban J connectivity index is 1.16. The standard InChI is InChI=1S/C27H32N2O5/c1-17(10-11-26(31)32)15-28-25(30)14-18-12-19(13-18)29-27(33)34-16-24-22-8-4-2-6-20(22)21-7-3-5-9-23(21)24/h2-9,17-19,24H,10-16H2,1H3,(H,28,30)(H,29,33)(H,31,32). The molecule has 180 valence electrons. The van der Waals surface area contributed by atoms with Crippen molar-refractivity contribution in [3.05, 3.63) is 59.7 Å². The highest BCUT2D eigenvalue weighted by Gasteiger charge is 2.33. The number of carbonyl (C=O) groups is 3. The molecule has 7 heteroatoms. The molecule has 0 heterocycles. The number of aliphatic carboxylic acids is 1. The molecular weight excluding hydrogens is 432 g/mol. The normalized spacial score (nSPS) is 19.3. The van der Waals surface area contributed by atoms with Gasteiger partial charge in [-0.15, -0.1) is 0 Å². The molecule has 3 N–H and O–H groups in total. The summed E-state index contributed by atoms with van der Waals surface area (Å²) in [5.41, 5.74) is 4.76. The van der Waals surface area contributed by atoms with Crippen molar-refractivity contribution < 1.29 is 24.2 Å². The van der Waals surface area contributed by atoms with Crippen molar-refractivity contribution in [1.82, 2.24) is 10.6 Å². The van der Waals surface area contributed by atoms with Crippen LogP contribution in [0.1, 0.15) is 56.1 Å². The number of alkyl carbamates (subject to hydrolysis) is 1. The molecule has 1 fully saturated rings. The van der Waals surface area contributed by atoms with Gasteiger partial charge < -0.3 is 20.5 Å². The largest absolute Gasteiger partial charge is 0.481 e. The summed E-state index contributed by atoms with van der Waals surface area (Å²) in [4.78, 5) is 35.1. The lowest BCUT2D eigenvalue weighted by molar-refractivity contribution is -0.137. The van der Waals surface area contributed by atoms with Crippen molar-refractivity contribution in [2.75, 3.05) is 13.2 Å². The van der Waals surface area contributed by atoms with Crippen LogP contribution < -0.4 is 10.6 Å². The molecule has 2 aliphatic rings. The van der Waals surface area contributed by atoms with Gasteiger partial charge in [-0.05, 0) is 53.4 Å². The summed E-state index contributed by atoms with van der Waals surface area (Å²) in [6.45, 7) is 2.71. The van der Waals surface area contributed by atoms with E-state index < -0.39 is 12.1 Å². The Morgan fingerprint density at radius 3 is 2.26 bits per heavy atom. The van der Waals surface area contributed by atoms with E-state index in [2.05, 4.69) is 34.9 Å². The Bertz CT molecular complexity index is 1000. The molecule has 2 amide bonds. The summed E-state index contributed by atoms with van der Waals surface area (Å²) in [6, 6.07) is 16.5. The minimum absolute atomic E-state index is 0.0215. The average Bonchev–Trinajstić information content (AvgIpc) is 3.12. The number of fused-ring (bicyclic) bond motifs is 3. The minimum Gasteiger partial charge on any atom is -0.481 e. The zero-order valence-corrected chi connectivity index (χ0v) is 19.5. The van der Waals surface area contributed by atoms with Gasteiger partial charge in [0.1, 0.15) is 6.61 Å². The van der Waals surface area contributed by atoms with Gasteiger partial charge in [0.05, 0.1) is 0 Å². The van der Waals surface area contributed by atoms with Crippen molar-refractivity contribution >= 4 is 18.0 Å². The lowest BCUT2D eigenvalue weighted by Gasteiger charge is -2.35. The molecular formula is C27H32N2O5. The molecule has 2 aliphatic carbocycles. The van der Waals surface area contributed by atoms with Crippen LogP contribution in [0.15, 0.2) is 48.5 Å². The van der Waals surface area contributed by atoms with Gasteiger partial charge in [-0.25, -0.2) is 4.79 Å². The first kappa shape index (κ1) is 23.8. The number of carboxylic acids is 1. The van der Waals surface area contributed by atoms with Crippen molar-refractivity contribution in [1.29, 1.82) is 0 Å². The van der Waals surface area contributed by atoms with Gasteiger partial charge >= 0.3 is 12.1 Å². The van der Waals surface area contributed by atoms with E-state index in [1.807, 2.05) is 31.2 Å². The molecule has 4 rings (SSSR count). The van der Waals surface area contributed by atoms with Crippen molar-refractivity contribution in [3.63, 3.8) is 0 Å². The lowest BCUT2D eigenvalue weighted by atomic mass is 9.78. The number of amides is 2. The van der Waals surface area contributed by atoms with E-state index in [9.17, 15) is 14.4 Å². The molecule has 0 aliphatic heterocycles. The summed E-state index contributed by atoms with van der Waals surface area (Å²) in [6.07, 6.45) is 2.18. The summed E-state index contributed by atoms with van der Waals surface area (Å²) < 4.78 is 5.60. The quantitative estimate of drug-likeness (QED) is 0.486. The predicted molar refractivity (Wildman–Crippen MR) is 128 cm³/mol. The lowest BCUT2D eigenvalue weighted by Crippen LogP contribution is -2.46. The van der Waals surface area contributed by atoms with Crippen molar-refractivity contribution in [2.45, 2.75) is 51.0 Å². The Morgan fingerprint density at radius 2 is 1.65 bits per heavy atom. The maximum absolute atomic E-state index is 12.4. The van der Waals surface area contributed by atoms with Gasteiger partial charge in [0.2, 0.25) is 5.91 Å². The van der Waals surface area contributed by atoms with E-state index in [0.717, 1.165) is 12.8 Å². The second-order valence-electron chi connectivity index (χ2n) is 9.55. The molecule has 0 aromatic heterocycles. The fraction of sp³-hybridized carbons (Fsp3) is 0.444. The monoisotopic (exact) mass is 464 g/mol. The summed E-state index contributed by atoms with van der Waals surface area (Å²) >= 11 is 0. The van der Waals surface area contributed by atoms with Gasteiger partial charge in [-0.2, -0.15) is 0 Å².